The highest BCUT2D eigenvalue weighted by atomic mass is 32.2. The van der Waals surface area contributed by atoms with E-state index in [9.17, 15) is 13.2 Å². The molecule has 1 aromatic heterocycles. The first-order valence-electron chi connectivity index (χ1n) is 6.68. The van der Waals surface area contributed by atoms with Crippen LogP contribution in [0.15, 0.2) is 53.7 Å². The molecule has 1 aromatic carbocycles. The quantitative estimate of drug-likeness (QED) is 0.874. The van der Waals surface area contributed by atoms with Crippen molar-refractivity contribution < 1.29 is 13.2 Å². The Morgan fingerprint density at radius 3 is 2.23 bits per heavy atom. The van der Waals surface area contributed by atoms with Crippen molar-refractivity contribution in [1.82, 2.24) is 15.0 Å². The average Bonchev–Trinajstić information content (AvgIpc) is 2.54. The van der Waals surface area contributed by atoms with Gasteiger partial charge in [-0.2, -0.15) is 0 Å². The van der Waals surface area contributed by atoms with Gasteiger partial charge >= 0.3 is 0 Å². The minimum Gasteiger partial charge on any atom is -0.355 e. The molecule has 0 aliphatic carbocycles. The number of hydrogen-bond acceptors (Lipinski definition) is 4. The number of aromatic nitrogens is 1. The van der Waals surface area contributed by atoms with Crippen molar-refractivity contribution in [3.8, 4) is 0 Å². The van der Waals surface area contributed by atoms with Crippen LogP contribution in [0.1, 0.15) is 28.9 Å². The van der Waals surface area contributed by atoms with E-state index in [0.29, 0.717) is 5.56 Å². The number of carbonyl (C=O) groups excluding carboxylic acids is 1. The zero-order chi connectivity index (χ0) is 16.2. The van der Waals surface area contributed by atoms with Crippen LogP contribution >= 0.6 is 0 Å². The Kier molecular flexibility index (Phi) is 4.89. The molecular formula is C15H17N3O3S. The van der Waals surface area contributed by atoms with Crippen molar-refractivity contribution >= 4 is 15.9 Å². The molecule has 1 atom stereocenters. The molecule has 0 saturated heterocycles. The number of sulfonamides is 1. The summed E-state index contributed by atoms with van der Waals surface area (Å²) in [5, 5.41) is 2.48. The van der Waals surface area contributed by atoms with Crippen LogP contribution in [0, 0.1) is 0 Å². The Morgan fingerprint density at radius 2 is 1.68 bits per heavy atom. The first-order chi connectivity index (χ1) is 10.4. The lowest BCUT2D eigenvalue weighted by atomic mass is 10.1. The maximum atomic E-state index is 12.3. The predicted octanol–water partition coefficient (Wildman–Crippen LogP) is 1.48. The van der Waals surface area contributed by atoms with Crippen molar-refractivity contribution in [3.63, 3.8) is 0 Å². The number of carbonyl (C=O) groups is 1. The highest BCUT2D eigenvalue weighted by molar-refractivity contribution is 7.89. The normalized spacial score (nSPS) is 12.6. The molecule has 0 unspecified atom stereocenters. The molecule has 0 bridgehead atoms. The van der Waals surface area contributed by atoms with Crippen LogP contribution in [0.5, 0.6) is 0 Å². The van der Waals surface area contributed by atoms with Crippen LogP contribution in [0.4, 0.5) is 0 Å². The Morgan fingerprint density at radius 1 is 1.09 bits per heavy atom. The van der Waals surface area contributed by atoms with Crippen LogP contribution in [-0.4, -0.2) is 26.4 Å². The van der Waals surface area contributed by atoms with E-state index in [-0.39, 0.29) is 16.8 Å². The summed E-state index contributed by atoms with van der Waals surface area (Å²) < 4.78 is 27.3. The molecule has 116 valence electrons. The Labute approximate surface area is 129 Å². The largest absolute Gasteiger partial charge is 0.355 e. The van der Waals surface area contributed by atoms with Gasteiger partial charge in [-0.15, -0.1) is 0 Å². The summed E-state index contributed by atoms with van der Waals surface area (Å²) in [5.74, 6) is -0.262. The van der Waals surface area contributed by atoms with E-state index >= 15 is 0 Å². The van der Waals surface area contributed by atoms with Crippen molar-refractivity contribution in [2.24, 2.45) is 0 Å². The number of nitrogens with zero attached hydrogens (tertiary/aromatic N) is 1. The van der Waals surface area contributed by atoms with E-state index in [1.54, 1.807) is 31.5 Å². The highest BCUT2D eigenvalue weighted by Crippen LogP contribution is 2.16. The van der Waals surface area contributed by atoms with E-state index in [0.717, 1.165) is 5.56 Å². The van der Waals surface area contributed by atoms with Crippen LogP contribution < -0.4 is 10.0 Å². The molecule has 0 spiro atoms. The van der Waals surface area contributed by atoms with E-state index < -0.39 is 10.0 Å². The fourth-order valence-electron chi connectivity index (χ4n) is 1.95. The average molecular weight is 319 g/mol. The van der Waals surface area contributed by atoms with Crippen LogP contribution in [0.25, 0.3) is 0 Å². The van der Waals surface area contributed by atoms with E-state index in [1.807, 2.05) is 0 Å². The lowest BCUT2D eigenvalue weighted by Crippen LogP contribution is -2.27. The standard InChI is InChI=1S/C15H17N3O3S/c1-11(12-7-9-17-10-8-12)18-22(20,21)14-5-3-13(4-6-14)15(19)16-2/h3-11,18H,1-2H3,(H,16,19)/t11-/m1/s1. The molecule has 1 amide bonds. The third-order valence-electron chi connectivity index (χ3n) is 3.19. The maximum absolute atomic E-state index is 12.3. The Balaban J connectivity index is 2.18. The SMILES string of the molecule is CNC(=O)c1ccc(S(=O)(=O)N[C@H](C)c2ccncc2)cc1. The molecule has 0 fully saturated rings. The molecule has 1 heterocycles. The van der Waals surface area contributed by atoms with Gasteiger partial charge in [0.05, 0.1) is 4.90 Å². The summed E-state index contributed by atoms with van der Waals surface area (Å²) in [6.07, 6.45) is 3.22. The summed E-state index contributed by atoms with van der Waals surface area (Å²) in [5.41, 5.74) is 1.23. The second-order valence-corrected chi connectivity index (χ2v) is 6.44. The van der Waals surface area contributed by atoms with Gasteiger partial charge in [0.25, 0.3) is 5.91 Å². The van der Waals surface area contributed by atoms with E-state index in [1.165, 1.54) is 31.3 Å². The molecule has 2 N–H and O–H groups in total. The summed E-state index contributed by atoms with van der Waals surface area (Å²) in [6, 6.07) is 8.89. The molecule has 22 heavy (non-hydrogen) atoms. The number of amides is 1. The maximum Gasteiger partial charge on any atom is 0.251 e. The van der Waals surface area contributed by atoms with Gasteiger partial charge in [0.1, 0.15) is 0 Å². The molecule has 6 nitrogen and oxygen atoms in total. The van der Waals surface area contributed by atoms with Crippen LogP contribution in [0.3, 0.4) is 0 Å². The molecule has 2 rings (SSSR count). The van der Waals surface area contributed by atoms with Gasteiger partial charge in [-0.05, 0) is 48.9 Å². The summed E-state index contributed by atoms with van der Waals surface area (Å²) in [4.78, 5) is 15.5. The lowest BCUT2D eigenvalue weighted by molar-refractivity contribution is 0.0963. The van der Waals surface area contributed by atoms with Crippen LogP contribution in [-0.2, 0) is 10.0 Å². The van der Waals surface area contributed by atoms with E-state index in [4.69, 9.17) is 0 Å². The number of benzene rings is 1. The van der Waals surface area contributed by atoms with E-state index in [2.05, 4.69) is 15.0 Å². The zero-order valence-electron chi connectivity index (χ0n) is 12.3. The number of nitrogens with one attached hydrogen (secondary N) is 2. The molecule has 7 heteroatoms. The second kappa shape index (κ2) is 6.67. The zero-order valence-corrected chi connectivity index (χ0v) is 13.1. The minimum atomic E-state index is -3.66. The first kappa shape index (κ1) is 16.1. The molecule has 0 aliphatic rings. The van der Waals surface area contributed by atoms with Gasteiger partial charge in [-0.3, -0.25) is 9.78 Å². The van der Waals surface area contributed by atoms with Crippen molar-refractivity contribution in [2.75, 3.05) is 7.05 Å². The summed E-state index contributed by atoms with van der Waals surface area (Å²) in [7, 11) is -2.14. The molecule has 0 saturated carbocycles. The van der Waals surface area contributed by atoms with Gasteiger partial charge < -0.3 is 5.32 Å². The molecule has 0 radical (unpaired) electrons. The summed E-state index contributed by atoms with van der Waals surface area (Å²) >= 11 is 0. The third kappa shape index (κ3) is 3.69. The van der Waals surface area contributed by atoms with Gasteiger partial charge in [-0.25, -0.2) is 13.1 Å². The topological polar surface area (TPSA) is 88.2 Å². The summed E-state index contributed by atoms with van der Waals surface area (Å²) in [6.45, 7) is 1.76. The van der Waals surface area contributed by atoms with Crippen molar-refractivity contribution in [1.29, 1.82) is 0 Å². The van der Waals surface area contributed by atoms with Gasteiger partial charge in [0, 0.05) is 31.0 Å². The fraction of sp³-hybridized carbons (Fsp3) is 0.200. The number of pyridine rings is 1. The smallest absolute Gasteiger partial charge is 0.251 e. The number of hydrogen-bond donors (Lipinski definition) is 2. The van der Waals surface area contributed by atoms with Crippen molar-refractivity contribution in [2.45, 2.75) is 17.9 Å². The van der Waals surface area contributed by atoms with Gasteiger partial charge in [0.15, 0.2) is 0 Å². The van der Waals surface area contributed by atoms with Crippen LogP contribution in [0.2, 0.25) is 0 Å². The predicted molar refractivity (Wildman–Crippen MR) is 82.8 cm³/mol. The first-order valence-corrected chi connectivity index (χ1v) is 8.17. The molecule has 2 aromatic rings. The Bertz CT molecular complexity index is 743. The van der Waals surface area contributed by atoms with Gasteiger partial charge in [0.2, 0.25) is 10.0 Å². The van der Waals surface area contributed by atoms with Crippen molar-refractivity contribution in [3.05, 3.63) is 59.9 Å². The molecule has 0 aliphatic heterocycles. The second-order valence-electron chi connectivity index (χ2n) is 4.73. The molecular weight excluding hydrogens is 302 g/mol. The Hall–Kier alpha value is -2.25. The third-order valence-corrected chi connectivity index (χ3v) is 4.75. The fourth-order valence-corrected chi connectivity index (χ4v) is 3.18. The highest BCUT2D eigenvalue weighted by Gasteiger charge is 2.18. The number of rotatable bonds is 5. The minimum absolute atomic E-state index is 0.112. The lowest BCUT2D eigenvalue weighted by Gasteiger charge is -2.14. The van der Waals surface area contributed by atoms with Gasteiger partial charge in [-0.1, -0.05) is 0 Å². The monoisotopic (exact) mass is 319 g/mol.